The summed E-state index contributed by atoms with van der Waals surface area (Å²) in [5.74, 6) is 0.452. The smallest absolute Gasteiger partial charge is 0.255 e. The van der Waals surface area contributed by atoms with Gasteiger partial charge < -0.3 is 19.8 Å². The highest BCUT2D eigenvalue weighted by molar-refractivity contribution is 6.15. The lowest BCUT2D eigenvalue weighted by Crippen LogP contribution is -2.20. The molecular formula is C22H20N2O4. The minimum absolute atomic E-state index is 0.173. The number of fused-ring (bicyclic) bond motifs is 2. The monoisotopic (exact) mass is 376 g/mol. The van der Waals surface area contributed by atoms with Crippen LogP contribution in [0.25, 0.3) is 17.0 Å². The highest BCUT2D eigenvalue weighted by Crippen LogP contribution is 2.39. The topological polar surface area (TPSA) is 83.5 Å². The predicted molar refractivity (Wildman–Crippen MR) is 106 cm³/mol. The first-order valence-electron chi connectivity index (χ1n) is 9.06. The molecule has 0 atom stereocenters. The van der Waals surface area contributed by atoms with E-state index in [-0.39, 0.29) is 18.1 Å². The third kappa shape index (κ3) is 2.93. The number of amides is 1. The largest absolute Gasteiger partial charge is 0.483 e. The van der Waals surface area contributed by atoms with Gasteiger partial charge in [0, 0.05) is 34.8 Å². The van der Waals surface area contributed by atoms with Crippen LogP contribution in [-0.4, -0.2) is 22.9 Å². The average Bonchev–Trinajstić information content (AvgIpc) is 3.20. The molecule has 0 radical (unpaired) electrons. The molecule has 2 N–H and O–H groups in total. The molecule has 4 rings (SSSR count). The number of nitrogens with two attached hydrogens (primary N) is 1. The SMILES string of the molecule is CCn1cc(/C=C2/Oc3c(ccc(OCC(N)=O)c3C)C2=O)c2ccccc21. The molecule has 142 valence electrons. The van der Waals surface area contributed by atoms with E-state index in [4.69, 9.17) is 15.2 Å². The molecule has 28 heavy (non-hydrogen) atoms. The summed E-state index contributed by atoms with van der Waals surface area (Å²) in [6, 6.07) is 11.4. The minimum atomic E-state index is -0.565. The van der Waals surface area contributed by atoms with Crippen molar-refractivity contribution < 1.29 is 19.1 Å². The van der Waals surface area contributed by atoms with Gasteiger partial charge in [-0.2, -0.15) is 0 Å². The maximum Gasteiger partial charge on any atom is 0.255 e. The van der Waals surface area contributed by atoms with Gasteiger partial charge in [0.05, 0.1) is 5.56 Å². The van der Waals surface area contributed by atoms with Gasteiger partial charge in [0.25, 0.3) is 5.91 Å². The van der Waals surface area contributed by atoms with Gasteiger partial charge in [-0.05, 0) is 38.1 Å². The number of allylic oxidation sites excluding steroid dienone is 1. The van der Waals surface area contributed by atoms with Crippen molar-refractivity contribution in [1.82, 2.24) is 4.57 Å². The number of nitrogens with zero attached hydrogens (tertiary/aromatic N) is 1. The molecule has 0 bridgehead atoms. The Labute approximate surface area is 162 Å². The summed E-state index contributed by atoms with van der Waals surface area (Å²) in [6.07, 6.45) is 3.80. The molecule has 1 aliphatic heterocycles. The zero-order valence-electron chi connectivity index (χ0n) is 15.7. The number of hydrogen-bond donors (Lipinski definition) is 1. The number of Topliss-reactive ketones (excluding diaryl/α,β-unsaturated/α-hetero) is 1. The second-order valence-electron chi connectivity index (χ2n) is 6.65. The number of rotatable bonds is 5. The number of aryl methyl sites for hydroxylation is 1. The van der Waals surface area contributed by atoms with E-state index in [0.29, 0.717) is 22.6 Å². The van der Waals surface area contributed by atoms with E-state index < -0.39 is 5.91 Å². The number of carbonyl (C=O) groups is 2. The number of ketones is 1. The van der Waals surface area contributed by atoms with E-state index in [2.05, 4.69) is 17.6 Å². The van der Waals surface area contributed by atoms with Crippen molar-refractivity contribution >= 4 is 28.7 Å². The van der Waals surface area contributed by atoms with Crippen LogP contribution in [-0.2, 0) is 11.3 Å². The van der Waals surface area contributed by atoms with Crippen LogP contribution >= 0.6 is 0 Å². The van der Waals surface area contributed by atoms with Crippen LogP contribution in [0.1, 0.15) is 28.4 Å². The summed E-state index contributed by atoms with van der Waals surface area (Å²) in [4.78, 5) is 23.8. The van der Waals surface area contributed by atoms with Gasteiger partial charge in [0.15, 0.2) is 12.4 Å². The van der Waals surface area contributed by atoms with Crippen LogP contribution in [0.2, 0.25) is 0 Å². The summed E-state index contributed by atoms with van der Waals surface area (Å²) in [7, 11) is 0. The highest BCUT2D eigenvalue weighted by atomic mass is 16.5. The fourth-order valence-electron chi connectivity index (χ4n) is 3.47. The second kappa shape index (κ2) is 6.88. The number of hydrogen-bond acceptors (Lipinski definition) is 4. The summed E-state index contributed by atoms with van der Waals surface area (Å²) in [5.41, 5.74) is 8.31. The van der Waals surface area contributed by atoms with Gasteiger partial charge in [0.2, 0.25) is 5.78 Å². The number of carbonyl (C=O) groups excluding carboxylic acids is 2. The molecule has 2 heterocycles. The zero-order valence-corrected chi connectivity index (χ0v) is 15.7. The maximum absolute atomic E-state index is 12.8. The zero-order chi connectivity index (χ0) is 19.8. The molecule has 2 aromatic carbocycles. The van der Waals surface area contributed by atoms with Crippen LogP contribution in [0.3, 0.4) is 0 Å². The first-order chi connectivity index (χ1) is 13.5. The molecule has 0 fully saturated rings. The highest BCUT2D eigenvalue weighted by Gasteiger charge is 2.30. The summed E-state index contributed by atoms with van der Waals surface area (Å²) in [5, 5.41) is 1.06. The van der Waals surface area contributed by atoms with E-state index in [1.165, 1.54) is 0 Å². The number of ether oxygens (including phenoxy) is 2. The average molecular weight is 376 g/mol. The fourth-order valence-corrected chi connectivity index (χ4v) is 3.47. The first-order valence-corrected chi connectivity index (χ1v) is 9.06. The molecule has 3 aromatic rings. The van der Waals surface area contributed by atoms with Crippen LogP contribution in [0.5, 0.6) is 11.5 Å². The van der Waals surface area contributed by atoms with Crippen molar-refractivity contribution in [2.45, 2.75) is 20.4 Å². The summed E-state index contributed by atoms with van der Waals surface area (Å²) < 4.78 is 13.4. The number of aromatic nitrogens is 1. The second-order valence-corrected chi connectivity index (χ2v) is 6.65. The van der Waals surface area contributed by atoms with Crippen molar-refractivity contribution in [3.63, 3.8) is 0 Å². The lowest BCUT2D eigenvalue weighted by Gasteiger charge is -2.09. The number of para-hydroxylation sites is 1. The lowest BCUT2D eigenvalue weighted by atomic mass is 10.1. The first kappa shape index (κ1) is 17.9. The van der Waals surface area contributed by atoms with E-state index in [9.17, 15) is 9.59 Å². The molecule has 1 aliphatic rings. The predicted octanol–water partition coefficient (Wildman–Crippen LogP) is 3.45. The van der Waals surface area contributed by atoms with Crippen molar-refractivity contribution in [3.8, 4) is 11.5 Å². The summed E-state index contributed by atoms with van der Waals surface area (Å²) in [6.45, 7) is 4.47. The normalized spacial score (nSPS) is 14.4. The Hall–Kier alpha value is -3.54. The Balaban J connectivity index is 1.72. The molecule has 1 aromatic heterocycles. The van der Waals surface area contributed by atoms with Crippen LogP contribution in [0.15, 0.2) is 48.4 Å². The molecular weight excluding hydrogens is 356 g/mol. The Morgan fingerprint density at radius 1 is 1.25 bits per heavy atom. The molecule has 6 heteroatoms. The number of benzene rings is 2. The van der Waals surface area contributed by atoms with Crippen molar-refractivity contribution in [3.05, 3.63) is 65.0 Å². The van der Waals surface area contributed by atoms with Gasteiger partial charge in [-0.15, -0.1) is 0 Å². The molecule has 0 spiro atoms. The molecule has 1 amide bonds. The van der Waals surface area contributed by atoms with Gasteiger partial charge in [-0.3, -0.25) is 9.59 Å². The van der Waals surface area contributed by atoms with Gasteiger partial charge in [-0.1, -0.05) is 18.2 Å². The van der Waals surface area contributed by atoms with Crippen LogP contribution in [0, 0.1) is 6.92 Å². The lowest BCUT2D eigenvalue weighted by molar-refractivity contribution is -0.119. The van der Waals surface area contributed by atoms with Crippen LogP contribution in [0.4, 0.5) is 0 Å². The van der Waals surface area contributed by atoms with E-state index >= 15 is 0 Å². The molecule has 0 aliphatic carbocycles. The standard InChI is InChI=1S/C22H20N2O4/c1-3-24-11-14(15-6-4-5-7-17(15)24)10-19-21(26)16-8-9-18(27-12-20(23)25)13(2)22(16)28-19/h4-11H,3,12H2,1-2H3,(H2,23,25)/b19-10+. The van der Waals surface area contributed by atoms with Crippen molar-refractivity contribution in [2.75, 3.05) is 6.61 Å². The Morgan fingerprint density at radius 2 is 2.04 bits per heavy atom. The molecule has 0 saturated heterocycles. The maximum atomic E-state index is 12.8. The van der Waals surface area contributed by atoms with E-state index in [0.717, 1.165) is 23.0 Å². The number of primary amides is 1. The van der Waals surface area contributed by atoms with Gasteiger partial charge in [-0.25, -0.2) is 0 Å². The fraction of sp³-hybridized carbons (Fsp3) is 0.182. The van der Waals surface area contributed by atoms with Gasteiger partial charge in [0.1, 0.15) is 11.5 Å². The Kier molecular flexibility index (Phi) is 4.39. The quantitative estimate of drug-likeness (QED) is 0.692. The minimum Gasteiger partial charge on any atom is -0.483 e. The molecule has 0 unspecified atom stereocenters. The van der Waals surface area contributed by atoms with Crippen LogP contribution < -0.4 is 15.2 Å². The van der Waals surface area contributed by atoms with E-state index in [1.807, 2.05) is 24.4 Å². The Bertz CT molecular complexity index is 1140. The van der Waals surface area contributed by atoms with Crippen molar-refractivity contribution in [2.24, 2.45) is 5.73 Å². The molecule has 6 nitrogen and oxygen atoms in total. The molecule has 0 saturated carbocycles. The van der Waals surface area contributed by atoms with E-state index in [1.54, 1.807) is 25.1 Å². The summed E-state index contributed by atoms with van der Waals surface area (Å²) >= 11 is 0. The third-order valence-corrected chi connectivity index (χ3v) is 4.85. The van der Waals surface area contributed by atoms with Crippen molar-refractivity contribution in [1.29, 1.82) is 0 Å². The Morgan fingerprint density at radius 3 is 2.79 bits per heavy atom. The van der Waals surface area contributed by atoms with Gasteiger partial charge >= 0.3 is 0 Å². The third-order valence-electron chi connectivity index (χ3n) is 4.85.